The average molecular weight is 237 g/mol. The molecule has 0 atom stereocenters. The summed E-state index contributed by atoms with van der Waals surface area (Å²) in [5.41, 5.74) is -1.97. The highest BCUT2D eigenvalue weighted by Crippen LogP contribution is 2.34. The Morgan fingerprint density at radius 1 is 1.53 bits per heavy atom. The van der Waals surface area contributed by atoms with Gasteiger partial charge in [-0.2, -0.15) is 13.2 Å². The summed E-state index contributed by atoms with van der Waals surface area (Å²) >= 11 is 0.862. The Morgan fingerprint density at radius 3 is 2.53 bits per heavy atom. The average Bonchev–Trinajstić information content (AvgIpc) is 2.15. The lowest BCUT2D eigenvalue weighted by atomic mass is 10.1. The van der Waals surface area contributed by atoms with Crippen molar-refractivity contribution < 1.29 is 23.1 Å². The third-order valence-electron chi connectivity index (χ3n) is 1.63. The van der Waals surface area contributed by atoms with Crippen LogP contribution in [-0.2, 0) is 6.18 Å². The molecule has 0 unspecified atom stereocenters. The van der Waals surface area contributed by atoms with Crippen LogP contribution in [-0.4, -0.2) is 22.3 Å². The minimum atomic E-state index is -4.68. The third-order valence-corrected chi connectivity index (χ3v) is 2.33. The van der Waals surface area contributed by atoms with Crippen LogP contribution in [0.4, 0.5) is 13.2 Å². The van der Waals surface area contributed by atoms with Gasteiger partial charge in [0.15, 0.2) is 0 Å². The van der Waals surface area contributed by atoms with Crippen LogP contribution in [0.15, 0.2) is 17.3 Å². The molecule has 0 aliphatic carbocycles. The molecular formula is C8H6F3NO2S. The number of alkyl halides is 3. The van der Waals surface area contributed by atoms with E-state index in [4.69, 9.17) is 5.11 Å². The first-order valence-corrected chi connectivity index (χ1v) is 4.94. The number of pyridine rings is 1. The molecule has 1 aromatic rings. The highest BCUT2D eigenvalue weighted by molar-refractivity contribution is 7.98. The normalized spacial score (nSPS) is 11.5. The first-order valence-electron chi connectivity index (χ1n) is 3.71. The largest absolute Gasteiger partial charge is 0.478 e. The number of halogens is 3. The molecule has 0 spiro atoms. The number of thioether (sulfide) groups is 1. The zero-order chi connectivity index (χ0) is 11.6. The predicted octanol–water partition coefficient (Wildman–Crippen LogP) is 2.52. The zero-order valence-electron chi connectivity index (χ0n) is 7.50. The van der Waals surface area contributed by atoms with E-state index in [-0.39, 0.29) is 5.03 Å². The van der Waals surface area contributed by atoms with E-state index in [0.29, 0.717) is 6.07 Å². The summed E-state index contributed by atoms with van der Waals surface area (Å²) < 4.78 is 37.3. The van der Waals surface area contributed by atoms with Crippen molar-refractivity contribution in [3.8, 4) is 0 Å². The van der Waals surface area contributed by atoms with E-state index in [1.54, 1.807) is 0 Å². The number of carboxylic acid groups (broad SMARTS) is 1. The number of nitrogens with zero attached hydrogens (tertiary/aromatic N) is 1. The van der Waals surface area contributed by atoms with Gasteiger partial charge < -0.3 is 5.11 Å². The molecule has 0 radical (unpaired) electrons. The number of carboxylic acids is 1. The lowest BCUT2D eigenvalue weighted by Gasteiger charge is -2.11. The van der Waals surface area contributed by atoms with Crippen molar-refractivity contribution in [1.29, 1.82) is 0 Å². The van der Waals surface area contributed by atoms with Crippen molar-refractivity contribution in [1.82, 2.24) is 4.98 Å². The summed E-state index contributed by atoms with van der Waals surface area (Å²) in [5.74, 6) is -1.63. The first-order chi connectivity index (χ1) is 6.88. The number of aromatic carboxylic acids is 1. The molecule has 82 valence electrons. The molecule has 0 fully saturated rings. The lowest BCUT2D eigenvalue weighted by molar-refractivity contribution is -0.138. The lowest BCUT2D eigenvalue weighted by Crippen LogP contribution is -2.14. The molecule has 0 aromatic carbocycles. The second-order valence-electron chi connectivity index (χ2n) is 2.55. The van der Waals surface area contributed by atoms with E-state index in [1.807, 2.05) is 0 Å². The molecule has 7 heteroatoms. The molecule has 1 rings (SSSR count). The molecule has 0 saturated carbocycles. The Balaban J connectivity index is 3.46. The highest BCUT2D eigenvalue weighted by Gasteiger charge is 2.36. The van der Waals surface area contributed by atoms with E-state index >= 15 is 0 Å². The number of rotatable bonds is 2. The van der Waals surface area contributed by atoms with E-state index in [9.17, 15) is 18.0 Å². The SMILES string of the molecule is CSc1nccc(C(F)(F)F)c1C(=O)O. The van der Waals surface area contributed by atoms with Gasteiger partial charge in [0.1, 0.15) is 10.6 Å². The monoisotopic (exact) mass is 237 g/mol. The molecule has 1 aromatic heterocycles. The van der Waals surface area contributed by atoms with Crippen LogP contribution in [0.5, 0.6) is 0 Å². The Bertz CT molecular complexity index is 392. The van der Waals surface area contributed by atoms with Crippen molar-refractivity contribution in [3.05, 3.63) is 23.4 Å². The summed E-state index contributed by atoms with van der Waals surface area (Å²) in [6.07, 6.45) is -2.27. The van der Waals surface area contributed by atoms with Gasteiger partial charge in [-0.05, 0) is 12.3 Å². The van der Waals surface area contributed by atoms with Crippen LogP contribution in [0, 0.1) is 0 Å². The number of carbonyl (C=O) groups is 1. The van der Waals surface area contributed by atoms with Crippen LogP contribution in [0.1, 0.15) is 15.9 Å². The minimum absolute atomic E-state index is 0.141. The first kappa shape index (κ1) is 11.8. The molecule has 0 aliphatic heterocycles. The quantitative estimate of drug-likeness (QED) is 0.803. The smallest absolute Gasteiger partial charge is 0.417 e. The van der Waals surface area contributed by atoms with Crippen molar-refractivity contribution in [2.75, 3.05) is 6.26 Å². The fourth-order valence-corrected chi connectivity index (χ4v) is 1.61. The zero-order valence-corrected chi connectivity index (χ0v) is 8.32. The van der Waals surface area contributed by atoms with Gasteiger partial charge in [0.05, 0.1) is 5.56 Å². The van der Waals surface area contributed by atoms with E-state index in [2.05, 4.69) is 4.98 Å². The summed E-state index contributed by atoms with van der Waals surface area (Å²) in [5, 5.41) is 8.55. The summed E-state index contributed by atoms with van der Waals surface area (Å²) in [4.78, 5) is 14.3. The molecule has 0 saturated heterocycles. The molecule has 0 bridgehead atoms. The maximum Gasteiger partial charge on any atom is 0.417 e. The van der Waals surface area contributed by atoms with Gasteiger partial charge in [-0.3, -0.25) is 0 Å². The highest BCUT2D eigenvalue weighted by atomic mass is 32.2. The van der Waals surface area contributed by atoms with Crippen molar-refractivity contribution in [2.45, 2.75) is 11.2 Å². The van der Waals surface area contributed by atoms with Crippen molar-refractivity contribution >= 4 is 17.7 Å². The second kappa shape index (κ2) is 4.09. The maximum absolute atomic E-state index is 12.4. The Labute approximate surface area is 87.3 Å². The van der Waals surface area contributed by atoms with Crippen LogP contribution in [0.25, 0.3) is 0 Å². The van der Waals surface area contributed by atoms with Gasteiger partial charge in [-0.15, -0.1) is 11.8 Å². The molecule has 15 heavy (non-hydrogen) atoms. The van der Waals surface area contributed by atoms with Gasteiger partial charge in [-0.1, -0.05) is 0 Å². The van der Waals surface area contributed by atoms with Gasteiger partial charge in [0.25, 0.3) is 0 Å². The van der Waals surface area contributed by atoms with Crippen molar-refractivity contribution in [3.63, 3.8) is 0 Å². The summed E-state index contributed by atoms with van der Waals surface area (Å²) in [6, 6.07) is 0.656. The van der Waals surface area contributed by atoms with Crippen molar-refractivity contribution in [2.24, 2.45) is 0 Å². The fourth-order valence-electron chi connectivity index (χ4n) is 1.04. The van der Waals surface area contributed by atoms with Gasteiger partial charge in [0.2, 0.25) is 0 Å². The molecular weight excluding hydrogens is 231 g/mol. The Kier molecular flexibility index (Phi) is 3.23. The predicted molar refractivity (Wildman–Crippen MR) is 48.0 cm³/mol. The minimum Gasteiger partial charge on any atom is -0.478 e. The van der Waals surface area contributed by atoms with Gasteiger partial charge in [0, 0.05) is 6.20 Å². The van der Waals surface area contributed by atoms with Gasteiger partial charge in [-0.25, -0.2) is 9.78 Å². The standard InChI is InChI=1S/C8H6F3NO2S/c1-15-6-5(7(13)14)4(2-3-12-6)8(9,10)11/h2-3H,1H3,(H,13,14). The topological polar surface area (TPSA) is 50.2 Å². The van der Waals surface area contributed by atoms with E-state index in [0.717, 1.165) is 18.0 Å². The van der Waals surface area contributed by atoms with Crippen LogP contribution in [0.2, 0.25) is 0 Å². The third kappa shape index (κ3) is 2.41. The molecule has 0 amide bonds. The van der Waals surface area contributed by atoms with Crippen LogP contribution >= 0.6 is 11.8 Å². The Hall–Kier alpha value is -1.24. The van der Waals surface area contributed by atoms with E-state index < -0.39 is 23.3 Å². The molecule has 1 heterocycles. The number of hydrogen-bond acceptors (Lipinski definition) is 3. The number of aromatic nitrogens is 1. The maximum atomic E-state index is 12.4. The van der Waals surface area contributed by atoms with E-state index in [1.165, 1.54) is 6.26 Å². The van der Waals surface area contributed by atoms with Crippen LogP contribution < -0.4 is 0 Å². The fraction of sp³-hybridized carbons (Fsp3) is 0.250. The molecule has 0 aliphatic rings. The molecule has 1 N–H and O–H groups in total. The summed E-state index contributed by atoms with van der Waals surface area (Å²) in [6.45, 7) is 0. The molecule has 3 nitrogen and oxygen atoms in total. The second-order valence-corrected chi connectivity index (χ2v) is 3.34. The summed E-state index contributed by atoms with van der Waals surface area (Å²) in [7, 11) is 0. The Morgan fingerprint density at radius 2 is 2.13 bits per heavy atom. The van der Waals surface area contributed by atoms with Gasteiger partial charge >= 0.3 is 12.1 Å². The number of hydrogen-bond donors (Lipinski definition) is 1. The van der Waals surface area contributed by atoms with Crippen LogP contribution in [0.3, 0.4) is 0 Å².